The fraction of sp³-hybridized carbons (Fsp3) is 0.733. The molecule has 0 bridgehead atoms. The number of piperidine rings is 1. The normalized spacial score (nSPS) is 23.6. The van der Waals surface area contributed by atoms with Crippen LogP contribution in [0.4, 0.5) is 19.3 Å². The SMILES string of the molecule is CC1CCN(C(=O)Nc2cnn(CC(F)F)c2)CC12CCC2. The van der Waals surface area contributed by atoms with Gasteiger partial charge in [0.25, 0.3) is 6.43 Å². The number of halogens is 2. The highest BCUT2D eigenvalue weighted by molar-refractivity contribution is 5.89. The largest absolute Gasteiger partial charge is 0.324 e. The van der Waals surface area contributed by atoms with Gasteiger partial charge in [0.15, 0.2) is 0 Å². The zero-order valence-electron chi connectivity index (χ0n) is 12.8. The highest BCUT2D eigenvalue weighted by atomic mass is 19.3. The van der Waals surface area contributed by atoms with Crippen molar-refractivity contribution in [1.29, 1.82) is 0 Å². The minimum absolute atomic E-state index is 0.158. The Morgan fingerprint density at radius 2 is 2.32 bits per heavy atom. The number of urea groups is 1. The molecule has 1 aromatic heterocycles. The van der Waals surface area contributed by atoms with Crippen molar-refractivity contribution < 1.29 is 13.6 Å². The third kappa shape index (κ3) is 2.94. The van der Waals surface area contributed by atoms with Gasteiger partial charge in [0.1, 0.15) is 6.54 Å². The number of likely N-dealkylation sites (tertiary alicyclic amines) is 1. The topological polar surface area (TPSA) is 50.2 Å². The third-order valence-electron chi connectivity index (χ3n) is 5.23. The molecule has 7 heteroatoms. The quantitative estimate of drug-likeness (QED) is 0.932. The lowest BCUT2D eigenvalue weighted by Gasteiger charge is -2.52. The lowest BCUT2D eigenvalue weighted by atomic mass is 9.59. The van der Waals surface area contributed by atoms with Gasteiger partial charge < -0.3 is 10.2 Å². The first kappa shape index (κ1) is 15.2. The van der Waals surface area contributed by atoms with Crippen molar-refractivity contribution >= 4 is 11.7 Å². The maximum atomic E-state index is 12.4. The van der Waals surface area contributed by atoms with E-state index in [0.717, 1.165) is 24.2 Å². The van der Waals surface area contributed by atoms with Crippen LogP contribution in [0.25, 0.3) is 0 Å². The van der Waals surface area contributed by atoms with Crippen molar-refractivity contribution in [3.8, 4) is 0 Å². The van der Waals surface area contributed by atoms with Gasteiger partial charge >= 0.3 is 6.03 Å². The van der Waals surface area contributed by atoms with Crippen LogP contribution in [-0.2, 0) is 6.54 Å². The number of hydrogen-bond donors (Lipinski definition) is 1. The fourth-order valence-electron chi connectivity index (χ4n) is 3.60. The maximum absolute atomic E-state index is 12.4. The fourth-order valence-corrected chi connectivity index (χ4v) is 3.60. The van der Waals surface area contributed by atoms with Gasteiger partial charge in [0.2, 0.25) is 0 Å². The second-order valence-corrected chi connectivity index (χ2v) is 6.60. The monoisotopic (exact) mass is 312 g/mol. The second-order valence-electron chi connectivity index (χ2n) is 6.60. The zero-order valence-corrected chi connectivity index (χ0v) is 12.8. The summed E-state index contributed by atoms with van der Waals surface area (Å²) in [6, 6.07) is -0.158. The van der Waals surface area contributed by atoms with Gasteiger partial charge in [0, 0.05) is 19.3 Å². The number of carbonyl (C=O) groups is 1. The number of rotatable bonds is 3. The molecule has 2 aliphatic rings. The number of hydrogen-bond acceptors (Lipinski definition) is 2. The summed E-state index contributed by atoms with van der Waals surface area (Å²) in [7, 11) is 0. The van der Waals surface area contributed by atoms with Gasteiger partial charge in [0.05, 0.1) is 11.9 Å². The molecule has 1 atom stereocenters. The molecule has 1 N–H and O–H groups in total. The summed E-state index contributed by atoms with van der Waals surface area (Å²) in [6.07, 6.45) is 5.07. The Hall–Kier alpha value is -1.66. The highest BCUT2D eigenvalue weighted by Crippen LogP contribution is 2.50. The second kappa shape index (κ2) is 5.85. The molecule has 1 aliphatic carbocycles. The molecule has 5 nitrogen and oxygen atoms in total. The van der Waals surface area contributed by atoms with E-state index < -0.39 is 13.0 Å². The van der Waals surface area contributed by atoms with E-state index in [0.29, 0.717) is 17.0 Å². The number of nitrogens with one attached hydrogen (secondary N) is 1. The van der Waals surface area contributed by atoms with Crippen LogP contribution in [0.15, 0.2) is 12.4 Å². The van der Waals surface area contributed by atoms with Crippen molar-refractivity contribution in [3.63, 3.8) is 0 Å². The number of aromatic nitrogens is 2. The summed E-state index contributed by atoms with van der Waals surface area (Å²) in [5.41, 5.74) is 0.766. The van der Waals surface area contributed by atoms with Crippen LogP contribution in [0.1, 0.15) is 32.6 Å². The van der Waals surface area contributed by atoms with E-state index >= 15 is 0 Å². The van der Waals surface area contributed by atoms with E-state index in [1.165, 1.54) is 31.7 Å². The van der Waals surface area contributed by atoms with Crippen molar-refractivity contribution in [2.75, 3.05) is 18.4 Å². The van der Waals surface area contributed by atoms with Crippen LogP contribution in [0.2, 0.25) is 0 Å². The Morgan fingerprint density at radius 1 is 1.55 bits per heavy atom. The first-order chi connectivity index (χ1) is 10.5. The smallest absolute Gasteiger partial charge is 0.321 e. The molecule has 2 heterocycles. The van der Waals surface area contributed by atoms with Gasteiger partial charge in [-0.2, -0.15) is 5.10 Å². The van der Waals surface area contributed by atoms with Crippen LogP contribution in [0, 0.1) is 11.3 Å². The Bertz CT molecular complexity index is 541. The summed E-state index contributed by atoms with van der Waals surface area (Å²) < 4.78 is 25.7. The Balaban J connectivity index is 1.59. The summed E-state index contributed by atoms with van der Waals surface area (Å²) in [4.78, 5) is 14.2. The average molecular weight is 312 g/mol. The molecule has 2 amide bonds. The van der Waals surface area contributed by atoms with E-state index in [1.54, 1.807) is 0 Å². The molecule has 2 fully saturated rings. The lowest BCUT2D eigenvalue weighted by Crippen LogP contribution is -2.54. The summed E-state index contributed by atoms with van der Waals surface area (Å²) in [5, 5.41) is 6.59. The first-order valence-corrected chi connectivity index (χ1v) is 7.85. The standard InChI is InChI=1S/C15H22F2N4O/c1-11-3-6-20(10-15(11)4-2-5-15)14(22)19-12-7-18-21(8-12)9-13(16)17/h7-8,11,13H,2-6,9-10H2,1H3,(H,19,22). The van der Waals surface area contributed by atoms with E-state index in [2.05, 4.69) is 17.3 Å². The Kier molecular flexibility index (Phi) is 4.06. The van der Waals surface area contributed by atoms with Gasteiger partial charge in [-0.3, -0.25) is 4.68 Å². The van der Waals surface area contributed by atoms with Crippen molar-refractivity contribution in [1.82, 2.24) is 14.7 Å². The van der Waals surface area contributed by atoms with Gasteiger partial charge in [-0.1, -0.05) is 13.3 Å². The molecule has 1 aromatic rings. The molecule has 1 saturated carbocycles. The average Bonchev–Trinajstić information content (AvgIpc) is 2.83. The van der Waals surface area contributed by atoms with Gasteiger partial charge in [-0.15, -0.1) is 0 Å². The van der Waals surface area contributed by atoms with E-state index in [-0.39, 0.29) is 6.03 Å². The van der Waals surface area contributed by atoms with Gasteiger partial charge in [-0.25, -0.2) is 13.6 Å². The number of anilines is 1. The minimum atomic E-state index is -2.45. The number of amides is 2. The van der Waals surface area contributed by atoms with E-state index in [4.69, 9.17) is 0 Å². The maximum Gasteiger partial charge on any atom is 0.321 e. The molecular weight excluding hydrogens is 290 g/mol. The van der Waals surface area contributed by atoms with Crippen LogP contribution in [0.3, 0.4) is 0 Å². The Morgan fingerprint density at radius 3 is 2.95 bits per heavy atom. The predicted molar refractivity (Wildman–Crippen MR) is 78.9 cm³/mol. The van der Waals surface area contributed by atoms with E-state index in [9.17, 15) is 13.6 Å². The molecule has 122 valence electrons. The molecule has 22 heavy (non-hydrogen) atoms. The van der Waals surface area contributed by atoms with Crippen LogP contribution < -0.4 is 5.32 Å². The first-order valence-electron chi connectivity index (χ1n) is 7.85. The summed E-state index contributed by atoms with van der Waals surface area (Å²) in [6.45, 7) is 3.37. The van der Waals surface area contributed by atoms with Crippen LogP contribution in [-0.4, -0.2) is 40.2 Å². The van der Waals surface area contributed by atoms with Crippen molar-refractivity contribution in [2.24, 2.45) is 11.3 Å². The molecule has 0 aromatic carbocycles. The third-order valence-corrected chi connectivity index (χ3v) is 5.23. The molecule has 3 rings (SSSR count). The van der Waals surface area contributed by atoms with Crippen LogP contribution >= 0.6 is 0 Å². The van der Waals surface area contributed by atoms with Crippen LogP contribution in [0.5, 0.6) is 0 Å². The number of carbonyl (C=O) groups excluding carboxylic acids is 1. The van der Waals surface area contributed by atoms with Gasteiger partial charge in [-0.05, 0) is 30.6 Å². The van der Waals surface area contributed by atoms with E-state index in [1.807, 2.05) is 4.90 Å². The molecule has 1 unspecified atom stereocenters. The number of nitrogens with zero attached hydrogens (tertiary/aromatic N) is 3. The number of alkyl halides is 2. The summed E-state index contributed by atoms with van der Waals surface area (Å²) in [5.74, 6) is 0.666. The lowest BCUT2D eigenvalue weighted by molar-refractivity contribution is -0.0108. The predicted octanol–water partition coefficient (Wildman–Crippen LogP) is 3.19. The molecule has 1 aliphatic heterocycles. The minimum Gasteiger partial charge on any atom is -0.324 e. The molecular formula is C15H22F2N4O. The summed E-state index contributed by atoms with van der Waals surface area (Å²) >= 11 is 0. The molecule has 1 saturated heterocycles. The zero-order chi connectivity index (χ0) is 15.7. The van der Waals surface area contributed by atoms with Crippen molar-refractivity contribution in [2.45, 2.75) is 45.6 Å². The molecule has 1 spiro atoms. The van der Waals surface area contributed by atoms with Crippen molar-refractivity contribution in [3.05, 3.63) is 12.4 Å². The Labute approximate surface area is 128 Å². The highest BCUT2D eigenvalue weighted by Gasteiger charge is 2.46. The molecule has 0 radical (unpaired) electrons.